The molecule has 11 rings (SSSR count). The van der Waals surface area contributed by atoms with Crippen molar-refractivity contribution in [2.75, 3.05) is 18.0 Å². The van der Waals surface area contributed by atoms with Gasteiger partial charge in [0, 0.05) is 41.8 Å². The molecule has 1 aliphatic heterocycles. The molecule has 63 heavy (non-hydrogen) atoms. The number of fused-ring (bicyclic) bond motifs is 4. The average molecular weight is 830 g/mol. The second-order valence-electron chi connectivity index (χ2n) is 16.9. The molecule has 308 valence electrons. The van der Waals surface area contributed by atoms with E-state index in [0.29, 0.717) is 22.7 Å². The second kappa shape index (κ2) is 15.8. The lowest BCUT2D eigenvalue weighted by atomic mass is 9.88. The molecule has 0 unspecified atom stereocenters. The van der Waals surface area contributed by atoms with Crippen molar-refractivity contribution in [2.24, 2.45) is 0 Å². The minimum absolute atomic E-state index is 0.0909. The van der Waals surface area contributed by atoms with Crippen LogP contribution in [0.5, 0.6) is 11.5 Å². The van der Waals surface area contributed by atoms with Gasteiger partial charge in [-0.25, -0.2) is 4.98 Å². The number of piperidine rings is 1. The number of anilines is 1. The van der Waals surface area contributed by atoms with E-state index in [1.54, 1.807) is 22.8 Å². The van der Waals surface area contributed by atoms with Crippen molar-refractivity contribution in [3.63, 3.8) is 0 Å². The summed E-state index contributed by atoms with van der Waals surface area (Å²) < 4.78 is 101. The van der Waals surface area contributed by atoms with E-state index in [-0.39, 0.29) is 33.4 Å². The van der Waals surface area contributed by atoms with Crippen LogP contribution < -0.4 is 14.2 Å². The van der Waals surface area contributed by atoms with Crippen LogP contribution in [0.4, 0.5) is 5.69 Å². The van der Waals surface area contributed by atoms with Crippen LogP contribution in [0.2, 0.25) is 0 Å². The normalized spacial score (nSPS) is 15.5. The smallest absolute Gasteiger partial charge is 0.269 e. The van der Waals surface area contributed by atoms with Gasteiger partial charge >= 0.3 is 0 Å². The maximum atomic E-state index is 9.15. The molecule has 1 fully saturated rings. The fourth-order valence-electron chi connectivity index (χ4n) is 8.93. The first kappa shape index (κ1) is 29.0. The van der Waals surface area contributed by atoms with E-state index in [1.165, 1.54) is 0 Å². The third-order valence-electron chi connectivity index (χ3n) is 12.0. The molecule has 0 amide bonds. The number of nitrogens with zero attached hydrogens (tertiary/aromatic N) is 5. The quantitative estimate of drug-likeness (QED) is 0.113. The Morgan fingerprint density at radius 1 is 0.651 bits per heavy atom. The Kier molecular flexibility index (Phi) is 7.26. The fraction of sp³-hybridized carbons (Fsp3) is 0.158. The number of para-hydroxylation sites is 3. The van der Waals surface area contributed by atoms with Gasteiger partial charge in [0.1, 0.15) is 22.8 Å². The van der Waals surface area contributed by atoms with Crippen molar-refractivity contribution in [2.45, 2.75) is 45.4 Å². The highest BCUT2D eigenvalue weighted by Gasteiger charge is 2.24. The fourth-order valence-corrected chi connectivity index (χ4v) is 8.93. The molecule has 1 aliphatic rings. The SMILES string of the molecule is [2H]c1c([2H])c([2H])c(-c2cccc(-c3c([2H])c([2H])c([2H])c([2H])c3[2H])c2-[n+]2[c-]n(-c3cccc(Oc4ccc5c6ccccc6n(-c6cc(C(C)(C)C)ccn6)c5c4)c3)c3c(N4CCCCC4)cccc32)c([2H])c1[2H]. The van der Waals surface area contributed by atoms with Gasteiger partial charge < -0.3 is 9.64 Å². The topological polar surface area (TPSA) is 39.1 Å². The molecule has 7 aromatic carbocycles. The molecule has 6 heteroatoms. The van der Waals surface area contributed by atoms with Crippen molar-refractivity contribution in [1.82, 2.24) is 14.1 Å². The Morgan fingerprint density at radius 2 is 1.33 bits per heavy atom. The van der Waals surface area contributed by atoms with E-state index in [4.69, 9.17) is 23.4 Å². The van der Waals surface area contributed by atoms with Gasteiger partial charge in [-0.15, -0.1) is 0 Å². The van der Waals surface area contributed by atoms with Crippen LogP contribution in [0.3, 0.4) is 0 Å². The van der Waals surface area contributed by atoms with Gasteiger partial charge in [0.25, 0.3) is 6.33 Å². The Bertz CT molecular complexity index is 3740. The van der Waals surface area contributed by atoms with E-state index in [9.17, 15) is 0 Å². The van der Waals surface area contributed by atoms with Crippen LogP contribution >= 0.6 is 0 Å². The molecular formula is C57H49N5O. The van der Waals surface area contributed by atoms with E-state index >= 15 is 0 Å². The van der Waals surface area contributed by atoms with E-state index in [2.05, 4.69) is 73.0 Å². The molecule has 3 aromatic heterocycles. The summed E-state index contributed by atoms with van der Waals surface area (Å²) in [5.41, 5.74) is 6.25. The number of rotatable bonds is 8. The first-order valence-corrected chi connectivity index (χ1v) is 21.3. The monoisotopic (exact) mass is 829 g/mol. The third kappa shape index (κ3) is 7.02. The summed E-state index contributed by atoms with van der Waals surface area (Å²) in [5, 5.41) is 2.14. The van der Waals surface area contributed by atoms with Crippen molar-refractivity contribution in [1.29, 1.82) is 0 Å². The lowest BCUT2D eigenvalue weighted by Crippen LogP contribution is -2.32. The lowest BCUT2D eigenvalue weighted by Gasteiger charge is -2.30. The lowest BCUT2D eigenvalue weighted by molar-refractivity contribution is -0.571. The number of benzene rings is 7. The minimum atomic E-state index is -0.559. The Morgan fingerprint density at radius 3 is 2.08 bits per heavy atom. The average Bonchev–Trinajstić information content (AvgIpc) is 3.95. The summed E-state index contributed by atoms with van der Waals surface area (Å²) in [6.07, 6.45) is 8.52. The molecular weight excluding hydrogens is 771 g/mol. The standard InChI is InChI=1S/C57H49N5O/c1-57(2,3)42-32-33-58-54(36-42)62-50-27-12-11-24-48(50)49-31-30-45(38-53(49)62)63-44-23-15-22-43(37-44)60-39-61(52-29-17-28-51(56(52)60)59-34-13-6-14-35-59)55-46(40-18-7-4-8-19-40)25-16-26-47(55)41-20-9-5-10-21-41/h4-5,7-12,15-33,36-38H,6,13-14,34-35H2,1-3H3/i4D,5D,7D,8D,9D,10D,18D,19D,20D,21D. The van der Waals surface area contributed by atoms with Crippen molar-refractivity contribution in [3.05, 3.63) is 194 Å². The summed E-state index contributed by atoms with van der Waals surface area (Å²) >= 11 is 0. The van der Waals surface area contributed by atoms with Crippen LogP contribution in [0.25, 0.3) is 72.3 Å². The zero-order valence-corrected chi connectivity index (χ0v) is 35.2. The summed E-state index contributed by atoms with van der Waals surface area (Å²) in [4.78, 5) is 7.19. The molecule has 0 bridgehead atoms. The highest BCUT2D eigenvalue weighted by atomic mass is 16.5. The molecule has 10 aromatic rings. The van der Waals surface area contributed by atoms with Gasteiger partial charge in [-0.1, -0.05) is 136 Å². The number of imidazole rings is 1. The third-order valence-corrected chi connectivity index (χ3v) is 12.0. The Balaban J connectivity index is 1.13. The van der Waals surface area contributed by atoms with E-state index in [0.717, 1.165) is 76.7 Å². The number of pyridine rings is 1. The number of ether oxygens (including phenoxy) is 1. The maximum absolute atomic E-state index is 9.15. The first-order chi connectivity index (χ1) is 35.0. The van der Waals surface area contributed by atoms with Crippen LogP contribution in [-0.2, 0) is 5.41 Å². The zero-order valence-electron chi connectivity index (χ0n) is 45.2. The molecule has 0 spiro atoms. The van der Waals surface area contributed by atoms with Gasteiger partial charge in [-0.3, -0.25) is 13.7 Å². The molecule has 1 saturated heterocycles. The molecule has 0 saturated carbocycles. The molecule has 0 atom stereocenters. The number of hydrogen-bond donors (Lipinski definition) is 0. The summed E-state index contributed by atoms with van der Waals surface area (Å²) in [5.74, 6) is 1.93. The van der Waals surface area contributed by atoms with Crippen LogP contribution in [0.1, 0.15) is 59.3 Å². The van der Waals surface area contributed by atoms with Gasteiger partial charge in [-0.2, -0.15) is 0 Å². The Labute approximate surface area is 383 Å². The van der Waals surface area contributed by atoms with Crippen LogP contribution in [0.15, 0.2) is 182 Å². The molecule has 0 radical (unpaired) electrons. The summed E-state index contributed by atoms with van der Waals surface area (Å²) in [6, 6.07) is 31.8. The van der Waals surface area contributed by atoms with Crippen molar-refractivity contribution in [3.8, 4) is 50.9 Å². The van der Waals surface area contributed by atoms with Crippen molar-refractivity contribution < 1.29 is 23.0 Å². The molecule has 4 heterocycles. The molecule has 0 aliphatic carbocycles. The summed E-state index contributed by atoms with van der Waals surface area (Å²) in [7, 11) is 0. The predicted molar refractivity (Wildman–Crippen MR) is 258 cm³/mol. The molecule has 0 N–H and O–H groups in total. The van der Waals surface area contributed by atoms with Gasteiger partial charge in [0.05, 0.1) is 41.6 Å². The largest absolute Gasteiger partial charge is 0.458 e. The first-order valence-electron chi connectivity index (χ1n) is 26.3. The van der Waals surface area contributed by atoms with Gasteiger partial charge in [-0.05, 0) is 107 Å². The van der Waals surface area contributed by atoms with Gasteiger partial charge in [0.15, 0.2) is 0 Å². The second-order valence-corrected chi connectivity index (χ2v) is 16.9. The number of hydrogen-bond acceptors (Lipinski definition) is 3. The highest BCUT2D eigenvalue weighted by molar-refractivity contribution is 6.09. The maximum Gasteiger partial charge on any atom is 0.269 e. The van der Waals surface area contributed by atoms with E-state index in [1.807, 2.05) is 71.4 Å². The van der Waals surface area contributed by atoms with Crippen LogP contribution in [0, 0.1) is 6.33 Å². The van der Waals surface area contributed by atoms with Crippen LogP contribution in [-0.4, -0.2) is 27.2 Å². The zero-order chi connectivity index (χ0) is 51.2. The molecule has 6 nitrogen and oxygen atoms in total. The van der Waals surface area contributed by atoms with Gasteiger partial charge in [0.2, 0.25) is 0 Å². The predicted octanol–water partition coefficient (Wildman–Crippen LogP) is 13.6. The minimum Gasteiger partial charge on any atom is -0.458 e. The van der Waals surface area contributed by atoms with E-state index < -0.39 is 60.4 Å². The highest BCUT2D eigenvalue weighted by Crippen LogP contribution is 2.39. The number of aromatic nitrogens is 4. The van der Waals surface area contributed by atoms with Crippen molar-refractivity contribution >= 4 is 38.5 Å². The Hall–Kier alpha value is -7.44. The summed E-state index contributed by atoms with van der Waals surface area (Å²) in [6.45, 7) is 8.16.